The van der Waals surface area contributed by atoms with Crippen molar-refractivity contribution >= 4 is 5.91 Å². The number of benzene rings is 4. The second-order valence-electron chi connectivity index (χ2n) is 13.7. The van der Waals surface area contributed by atoms with Crippen molar-refractivity contribution < 1.29 is 28.5 Å². The lowest BCUT2D eigenvalue weighted by Crippen LogP contribution is -2.61. The van der Waals surface area contributed by atoms with Crippen molar-refractivity contribution in [1.29, 1.82) is 0 Å². The zero-order chi connectivity index (χ0) is 36.1. The molecule has 1 N–H and O–H groups in total. The second-order valence-corrected chi connectivity index (χ2v) is 13.7. The van der Waals surface area contributed by atoms with E-state index in [1.54, 1.807) is 0 Å². The summed E-state index contributed by atoms with van der Waals surface area (Å²) >= 11 is 0. The van der Waals surface area contributed by atoms with Gasteiger partial charge in [-0.1, -0.05) is 160 Å². The molecule has 0 aromatic heterocycles. The monoisotopic (exact) mass is 707 g/mol. The molecule has 1 amide bonds. The standard InChI is InChI=1S/C45H57NO6/c1-2-3-4-5-6-19-30-46-42(47)29-28-40-43(49-32-37-22-13-8-14-23-37)45(51-34-39-26-17-10-18-27-39)44(50-33-38-24-15-9-16-25-38)41(52-40)35-48-31-36-20-11-7-12-21-36/h7-18,20-27,40-41,43-45H,2-6,19,28-35H2,1H3,(H,46,47)/t40-,41-,43-,44-,45-/m1/s1. The highest BCUT2D eigenvalue weighted by atomic mass is 16.6. The molecule has 1 fully saturated rings. The van der Waals surface area contributed by atoms with E-state index in [-0.39, 0.29) is 5.91 Å². The number of hydrogen-bond acceptors (Lipinski definition) is 6. The van der Waals surface area contributed by atoms with Gasteiger partial charge >= 0.3 is 0 Å². The molecule has 0 spiro atoms. The zero-order valence-corrected chi connectivity index (χ0v) is 30.8. The van der Waals surface area contributed by atoms with E-state index in [2.05, 4.69) is 60.8 Å². The van der Waals surface area contributed by atoms with Crippen molar-refractivity contribution in [3.63, 3.8) is 0 Å². The minimum Gasteiger partial charge on any atom is -0.374 e. The van der Waals surface area contributed by atoms with E-state index >= 15 is 0 Å². The van der Waals surface area contributed by atoms with Crippen LogP contribution in [0.25, 0.3) is 0 Å². The van der Waals surface area contributed by atoms with Gasteiger partial charge in [0.25, 0.3) is 0 Å². The summed E-state index contributed by atoms with van der Waals surface area (Å²) in [5.74, 6) is 0.0278. The van der Waals surface area contributed by atoms with Gasteiger partial charge < -0.3 is 29.0 Å². The summed E-state index contributed by atoms with van der Waals surface area (Å²) < 4.78 is 33.6. The Kier molecular flexibility index (Phi) is 17.4. The molecule has 1 aliphatic heterocycles. The summed E-state index contributed by atoms with van der Waals surface area (Å²) in [6.07, 6.45) is 5.53. The molecule has 278 valence electrons. The first-order valence-corrected chi connectivity index (χ1v) is 19.2. The lowest BCUT2D eigenvalue weighted by Gasteiger charge is -2.46. The Morgan fingerprint density at radius 2 is 1.00 bits per heavy atom. The van der Waals surface area contributed by atoms with Crippen LogP contribution in [0.15, 0.2) is 121 Å². The van der Waals surface area contributed by atoms with Gasteiger partial charge in [-0.15, -0.1) is 0 Å². The molecule has 0 aliphatic carbocycles. The van der Waals surface area contributed by atoms with Gasteiger partial charge in [0.2, 0.25) is 5.91 Å². The van der Waals surface area contributed by atoms with E-state index in [9.17, 15) is 4.79 Å². The SMILES string of the molecule is CCCCCCCCNC(=O)CC[C@H]1O[C@H](COCc2ccccc2)[C@@H](OCc2ccccc2)[C@H](OCc2ccccc2)[C@@H]1OCc1ccccc1. The molecular weight excluding hydrogens is 650 g/mol. The van der Waals surface area contributed by atoms with Crippen LogP contribution in [0.4, 0.5) is 0 Å². The molecular formula is C45H57NO6. The normalized spacial score (nSPS) is 20.1. The maximum atomic E-state index is 13.1. The fraction of sp³-hybridized carbons (Fsp3) is 0.444. The molecule has 1 heterocycles. The van der Waals surface area contributed by atoms with Crippen molar-refractivity contribution in [3.8, 4) is 0 Å². The lowest BCUT2D eigenvalue weighted by atomic mass is 9.91. The van der Waals surface area contributed by atoms with Gasteiger partial charge in [-0.25, -0.2) is 0 Å². The van der Waals surface area contributed by atoms with Crippen molar-refractivity contribution in [2.45, 2.75) is 115 Å². The third kappa shape index (κ3) is 13.6. The van der Waals surface area contributed by atoms with Crippen LogP contribution >= 0.6 is 0 Å². The minimum absolute atomic E-state index is 0.0278. The topological polar surface area (TPSA) is 75.3 Å². The predicted molar refractivity (Wildman–Crippen MR) is 205 cm³/mol. The van der Waals surface area contributed by atoms with E-state index in [1.807, 2.05) is 72.8 Å². The Bertz CT molecular complexity index is 1510. The van der Waals surface area contributed by atoms with Crippen molar-refractivity contribution in [2.75, 3.05) is 13.2 Å². The minimum atomic E-state index is -0.502. The van der Waals surface area contributed by atoms with Gasteiger partial charge in [-0.3, -0.25) is 4.79 Å². The molecule has 1 aliphatic rings. The number of carbonyl (C=O) groups excluding carboxylic acids is 1. The number of nitrogens with one attached hydrogen (secondary N) is 1. The smallest absolute Gasteiger partial charge is 0.220 e. The molecule has 7 heteroatoms. The maximum absolute atomic E-state index is 13.1. The van der Waals surface area contributed by atoms with Crippen LogP contribution in [0.3, 0.4) is 0 Å². The molecule has 7 nitrogen and oxygen atoms in total. The fourth-order valence-corrected chi connectivity index (χ4v) is 6.61. The Labute approximate surface area is 311 Å². The quantitative estimate of drug-likeness (QED) is 0.0776. The average Bonchev–Trinajstić information content (AvgIpc) is 3.19. The van der Waals surface area contributed by atoms with Crippen LogP contribution in [0, 0.1) is 0 Å². The van der Waals surface area contributed by atoms with Gasteiger partial charge in [0.05, 0.1) is 39.1 Å². The predicted octanol–water partition coefficient (Wildman–Crippen LogP) is 8.98. The first kappa shape index (κ1) is 39.4. The summed E-state index contributed by atoms with van der Waals surface area (Å²) in [6, 6.07) is 40.6. The third-order valence-electron chi connectivity index (χ3n) is 9.49. The summed E-state index contributed by atoms with van der Waals surface area (Å²) in [4.78, 5) is 13.1. The molecule has 4 aromatic rings. The Hall–Kier alpha value is -3.85. The maximum Gasteiger partial charge on any atom is 0.220 e. The fourth-order valence-electron chi connectivity index (χ4n) is 6.61. The molecule has 1 saturated heterocycles. The van der Waals surface area contributed by atoms with E-state index < -0.39 is 30.5 Å². The number of unbranched alkanes of at least 4 members (excludes halogenated alkanes) is 5. The van der Waals surface area contributed by atoms with E-state index in [4.69, 9.17) is 23.7 Å². The highest BCUT2D eigenvalue weighted by molar-refractivity contribution is 5.75. The number of amides is 1. The van der Waals surface area contributed by atoms with Gasteiger partial charge in [-0.05, 0) is 35.1 Å². The number of ether oxygens (including phenoxy) is 5. The van der Waals surface area contributed by atoms with E-state index in [1.165, 1.54) is 25.7 Å². The van der Waals surface area contributed by atoms with Gasteiger partial charge in [0, 0.05) is 13.0 Å². The molecule has 0 bridgehead atoms. The van der Waals surface area contributed by atoms with E-state index in [0.29, 0.717) is 52.4 Å². The van der Waals surface area contributed by atoms with Gasteiger partial charge in [0.15, 0.2) is 0 Å². The van der Waals surface area contributed by atoms with Gasteiger partial charge in [0.1, 0.15) is 24.4 Å². The lowest BCUT2D eigenvalue weighted by molar-refractivity contribution is -0.273. The summed E-state index contributed by atoms with van der Waals surface area (Å²) in [5.41, 5.74) is 4.24. The molecule has 4 aromatic carbocycles. The summed E-state index contributed by atoms with van der Waals surface area (Å²) in [5, 5.41) is 3.14. The largest absolute Gasteiger partial charge is 0.374 e. The highest BCUT2D eigenvalue weighted by Gasteiger charge is 2.48. The van der Waals surface area contributed by atoms with Gasteiger partial charge in [-0.2, -0.15) is 0 Å². The van der Waals surface area contributed by atoms with Crippen LogP contribution in [-0.4, -0.2) is 49.6 Å². The van der Waals surface area contributed by atoms with Crippen LogP contribution in [0.5, 0.6) is 0 Å². The average molecular weight is 708 g/mol. The molecule has 0 saturated carbocycles. The Balaban J connectivity index is 1.36. The second kappa shape index (κ2) is 22.9. The van der Waals surface area contributed by atoms with Crippen LogP contribution in [0.2, 0.25) is 0 Å². The van der Waals surface area contributed by atoms with Crippen LogP contribution in [0.1, 0.15) is 80.5 Å². The molecule has 5 atom stereocenters. The van der Waals surface area contributed by atoms with E-state index in [0.717, 1.165) is 35.1 Å². The number of carbonyl (C=O) groups is 1. The van der Waals surface area contributed by atoms with Crippen molar-refractivity contribution in [1.82, 2.24) is 5.32 Å². The molecule has 0 unspecified atom stereocenters. The summed E-state index contributed by atoms with van der Waals surface area (Å²) in [6.45, 7) is 4.80. The summed E-state index contributed by atoms with van der Waals surface area (Å²) in [7, 11) is 0. The Morgan fingerprint density at radius 3 is 1.52 bits per heavy atom. The first-order valence-electron chi connectivity index (χ1n) is 19.2. The zero-order valence-electron chi connectivity index (χ0n) is 30.8. The van der Waals surface area contributed by atoms with Crippen LogP contribution in [-0.2, 0) is 54.9 Å². The van der Waals surface area contributed by atoms with Crippen molar-refractivity contribution in [2.24, 2.45) is 0 Å². The Morgan fingerprint density at radius 1 is 0.558 bits per heavy atom. The highest BCUT2D eigenvalue weighted by Crippen LogP contribution is 2.33. The first-order chi connectivity index (χ1) is 25.7. The van der Waals surface area contributed by atoms with Crippen molar-refractivity contribution in [3.05, 3.63) is 144 Å². The van der Waals surface area contributed by atoms with Crippen LogP contribution < -0.4 is 5.32 Å². The third-order valence-corrected chi connectivity index (χ3v) is 9.49. The number of hydrogen-bond donors (Lipinski definition) is 1. The number of rotatable bonds is 23. The molecule has 52 heavy (non-hydrogen) atoms. The molecule has 5 rings (SSSR count). The molecule has 0 radical (unpaired) electrons.